The maximum absolute atomic E-state index is 12.7. The lowest BCUT2D eigenvalue weighted by Crippen LogP contribution is -2.58. The van der Waals surface area contributed by atoms with Gasteiger partial charge in [0.1, 0.15) is 18.1 Å². The van der Waals surface area contributed by atoms with Crippen LogP contribution in [-0.2, 0) is 28.8 Å². The first kappa shape index (κ1) is 28.8. The van der Waals surface area contributed by atoms with Gasteiger partial charge < -0.3 is 37.6 Å². The molecule has 0 aliphatic heterocycles. The van der Waals surface area contributed by atoms with Crippen LogP contribution in [0.4, 0.5) is 0 Å². The summed E-state index contributed by atoms with van der Waals surface area (Å²) < 4.78 is 0. The fraction of sp³-hybridized carbons (Fsp3) is 0.684. The second kappa shape index (κ2) is 13.2. The predicted molar refractivity (Wildman–Crippen MR) is 112 cm³/mol. The predicted octanol–water partition coefficient (Wildman–Crippen LogP) is -2.10. The van der Waals surface area contributed by atoms with Crippen molar-refractivity contribution in [2.45, 2.75) is 71.1 Å². The van der Waals surface area contributed by atoms with Crippen LogP contribution in [0.5, 0.6) is 0 Å². The number of primary amides is 1. The minimum absolute atomic E-state index is 0.0692. The van der Waals surface area contributed by atoms with Crippen LogP contribution in [0.3, 0.4) is 0 Å². The van der Waals surface area contributed by atoms with Crippen molar-refractivity contribution >= 4 is 35.6 Å². The van der Waals surface area contributed by atoms with E-state index in [9.17, 15) is 28.8 Å². The first-order valence-corrected chi connectivity index (χ1v) is 10.0. The number of carboxylic acid groups (broad SMARTS) is 2. The Balaban J connectivity index is 5.56. The molecule has 182 valence electrons. The lowest BCUT2D eigenvalue weighted by molar-refractivity contribution is -0.147. The van der Waals surface area contributed by atoms with E-state index in [2.05, 4.69) is 16.0 Å². The van der Waals surface area contributed by atoms with Crippen molar-refractivity contribution in [2.24, 2.45) is 23.3 Å². The van der Waals surface area contributed by atoms with Crippen LogP contribution >= 0.6 is 0 Å². The molecule has 0 saturated heterocycles. The van der Waals surface area contributed by atoms with E-state index in [1.807, 2.05) is 0 Å². The molecule has 0 aliphatic rings. The van der Waals surface area contributed by atoms with E-state index in [-0.39, 0.29) is 18.3 Å². The van der Waals surface area contributed by atoms with Gasteiger partial charge in [-0.05, 0) is 18.3 Å². The first-order valence-electron chi connectivity index (χ1n) is 10.0. The van der Waals surface area contributed by atoms with E-state index in [0.29, 0.717) is 0 Å². The molecule has 0 aromatic rings. The summed E-state index contributed by atoms with van der Waals surface area (Å²) in [5.74, 6) is -6.80. The van der Waals surface area contributed by atoms with Gasteiger partial charge in [0.25, 0.3) is 0 Å². The monoisotopic (exact) mass is 459 g/mol. The normalized spacial score (nSPS) is 14.7. The fourth-order valence-corrected chi connectivity index (χ4v) is 2.60. The highest BCUT2D eigenvalue weighted by Gasteiger charge is 2.32. The van der Waals surface area contributed by atoms with Gasteiger partial charge in [0.05, 0.1) is 18.9 Å². The van der Waals surface area contributed by atoms with E-state index in [1.165, 1.54) is 0 Å². The van der Waals surface area contributed by atoms with Crippen molar-refractivity contribution in [2.75, 3.05) is 0 Å². The Bertz CT molecular complexity index is 725. The molecular formula is C19H33N5O8. The second-order valence-electron chi connectivity index (χ2n) is 8.19. The SMILES string of the molecule is CC(C)C[C@H](NC(=O)[C@H](CC(N)=O)NC(=O)[C@@H](N)C(C)C)C(=O)N[C@@H](CC(=O)O)C(=O)O. The summed E-state index contributed by atoms with van der Waals surface area (Å²) in [5.41, 5.74) is 10.9. The lowest BCUT2D eigenvalue weighted by atomic mass is 10.0. The third-order valence-corrected chi connectivity index (χ3v) is 4.39. The zero-order valence-electron chi connectivity index (χ0n) is 18.6. The van der Waals surface area contributed by atoms with E-state index < -0.39 is 72.6 Å². The molecule has 0 rings (SSSR count). The van der Waals surface area contributed by atoms with Crippen molar-refractivity contribution in [3.05, 3.63) is 0 Å². The molecule has 0 saturated carbocycles. The maximum atomic E-state index is 12.7. The van der Waals surface area contributed by atoms with E-state index in [0.717, 1.165) is 0 Å². The highest BCUT2D eigenvalue weighted by Crippen LogP contribution is 2.08. The zero-order valence-corrected chi connectivity index (χ0v) is 18.6. The molecule has 0 fully saturated rings. The molecule has 13 nitrogen and oxygen atoms in total. The largest absolute Gasteiger partial charge is 0.481 e. The molecule has 32 heavy (non-hydrogen) atoms. The average Bonchev–Trinajstić information content (AvgIpc) is 2.64. The molecule has 0 aromatic carbocycles. The van der Waals surface area contributed by atoms with Crippen molar-refractivity contribution in [3.8, 4) is 0 Å². The lowest BCUT2D eigenvalue weighted by Gasteiger charge is -2.26. The Labute approximate surface area is 185 Å². The van der Waals surface area contributed by atoms with Gasteiger partial charge in [0, 0.05) is 0 Å². The van der Waals surface area contributed by atoms with Crippen LogP contribution in [0.1, 0.15) is 47.0 Å². The zero-order chi connectivity index (χ0) is 25.2. The molecule has 0 heterocycles. The van der Waals surface area contributed by atoms with Crippen LogP contribution in [0.25, 0.3) is 0 Å². The third kappa shape index (κ3) is 10.7. The maximum Gasteiger partial charge on any atom is 0.326 e. The van der Waals surface area contributed by atoms with Crippen LogP contribution in [0, 0.1) is 11.8 Å². The summed E-state index contributed by atoms with van der Waals surface area (Å²) in [6.45, 7) is 6.85. The number of carbonyl (C=O) groups is 6. The molecular weight excluding hydrogens is 426 g/mol. The summed E-state index contributed by atoms with van der Waals surface area (Å²) in [7, 11) is 0. The molecule has 0 spiro atoms. The van der Waals surface area contributed by atoms with E-state index >= 15 is 0 Å². The number of hydrogen-bond acceptors (Lipinski definition) is 7. The van der Waals surface area contributed by atoms with Gasteiger partial charge in [-0.3, -0.25) is 24.0 Å². The Morgan fingerprint density at radius 2 is 1.22 bits per heavy atom. The molecule has 4 atom stereocenters. The highest BCUT2D eigenvalue weighted by atomic mass is 16.4. The average molecular weight is 460 g/mol. The Morgan fingerprint density at radius 3 is 1.62 bits per heavy atom. The van der Waals surface area contributed by atoms with Crippen molar-refractivity contribution in [1.29, 1.82) is 0 Å². The van der Waals surface area contributed by atoms with Gasteiger partial charge in [-0.2, -0.15) is 0 Å². The number of amides is 4. The standard InChI is InChI=1S/C19H33N5O8/c1-8(2)5-10(16(28)24-12(19(31)32)7-14(26)27)22-17(29)11(6-13(20)25)23-18(30)15(21)9(3)4/h8-12,15H,5-7,21H2,1-4H3,(H2,20,25)(H,22,29)(H,23,30)(H,24,28)(H,26,27)(H,31,32)/t10-,11-,12-,15-/m0/s1. The minimum Gasteiger partial charge on any atom is -0.481 e. The molecule has 0 unspecified atom stereocenters. The molecule has 0 aromatic heterocycles. The summed E-state index contributed by atoms with van der Waals surface area (Å²) in [6.07, 6.45) is -1.36. The molecule has 0 bridgehead atoms. The summed E-state index contributed by atoms with van der Waals surface area (Å²) >= 11 is 0. The third-order valence-electron chi connectivity index (χ3n) is 4.39. The number of aliphatic carboxylic acids is 2. The molecule has 0 aliphatic carbocycles. The van der Waals surface area contributed by atoms with Gasteiger partial charge in [-0.25, -0.2) is 4.79 Å². The van der Waals surface area contributed by atoms with Gasteiger partial charge in [0.2, 0.25) is 23.6 Å². The number of rotatable bonds is 14. The van der Waals surface area contributed by atoms with Crippen molar-refractivity contribution in [1.82, 2.24) is 16.0 Å². The molecule has 9 N–H and O–H groups in total. The molecule has 0 radical (unpaired) electrons. The van der Waals surface area contributed by atoms with Gasteiger partial charge >= 0.3 is 11.9 Å². The Morgan fingerprint density at radius 1 is 0.750 bits per heavy atom. The number of carbonyl (C=O) groups excluding carboxylic acids is 4. The summed E-state index contributed by atoms with van der Waals surface area (Å²) in [4.78, 5) is 71.0. The minimum atomic E-state index is -1.71. The van der Waals surface area contributed by atoms with Gasteiger partial charge in [-0.1, -0.05) is 27.7 Å². The van der Waals surface area contributed by atoms with Gasteiger partial charge in [0.15, 0.2) is 0 Å². The first-order chi connectivity index (χ1) is 14.6. The van der Waals surface area contributed by atoms with Gasteiger partial charge in [-0.15, -0.1) is 0 Å². The quantitative estimate of drug-likeness (QED) is 0.151. The topological polar surface area (TPSA) is 231 Å². The van der Waals surface area contributed by atoms with Crippen molar-refractivity contribution in [3.63, 3.8) is 0 Å². The number of carboxylic acids is 2. The highest BCUT2D eigenvalue weighted by molar-refractivity contribution is 5.96. The summed E-state index contributed by atoms with van der Waals surface area (Å²) in [5, 5.41) is 24.7. The number of nitrogens with one attached hydrogen (secondary N) is 3. The Kier molecular flexibility index (Phi) is 11.9. The number of hydrogen-bond donors (Lipinski definition) is 7. The molecule has 4 amide bonds. The van der Waals surface area contributed by atoms with E-state index in [1.54, 1.807) is 27.7 Å². The Hall–Kier alpha value is -3.22. The van der Waals surface area contributed by atoms with E-state index in [4.69, 9.17) is 21.7 Å². The fourth-order valence-electron chi connectivity index (χ4n) is 2.60. The number of nitrogens with two attached hydrogens (primary N) is 2. The van der Waals surface area contributed by atoms with Crippen molar-refractivity contribution < 1.29 is 39.0 Å². The molecule has 13 heteroatoms. The van der Waals surface area contributed by atoms with Crippen LogP contribution in [-0.4, -0.2) is 69.9 Å². The summed E-state index contributed by atoms with van der Waals surface area (Å²) in [6, 6.07) is -5.34. The second-order valence-corrected chi connectivity index (χ2v) is 8.19. The van der Waals surface area contributed by atoms with Crippen LogP contribution in [0.15, 0.2) is 0 Å². The smallest absolute Gasteiger partial charge is 0.326 e. The van der Waals surface area contributed by atoms with Crippen LogP contribution in [0.2, 0.25) is 0 Å². The van der Waals surface area contributed by atoms with Crippen LogP contribution < -0.4 is 27.4 Å².